The summed E-state index contributed by atoms with van der Waals surface area (Å²) < 4.78 is 4.62. The highest BCUT2D eigenvalue weighted by atomic mass is 32.2. The van der Waals surface area contributed by atoms with Crippen LogP contribution in [0.5, 0.6) is 0 Å². The van der Waals surface area contributed by atoms with E-state index in [-0.39, 0.29) is 18.4 Å². The summed E-state index contributed by atoms with van der Waals surface area (Å²) in [7, 11) is 1.32. The minimum absolute atomic E-state index is 0.00310. The second kappa shape index (κ2) is 10.2. The summed E-state index contributed by atoms with van der Waals surface area (Å²) in [6, 6.07) is 3.79. The van der Waals surface area contributed by atoms with E-state index in [0.29, 0.717) is 0 Å². The van der Waals surface area contributed by atoms with Crippen LogP contribution in [0.1, 0.15) is 12.6 Å². The summed E-state index contributed by atoms with van der Waals surface area (Å²) in [5.41, 5.74) is 1.68. The summed E-state index contributed by atoms with van der Waals surface area (Å²) in [6.45, 7) is 4.08. The Morgan fingerprint density at radius 3 is 2.85 bits per heavy atom. The van der Waals surface area contributed by atoms with Gasteiger partial charge in [-0.3, -0.25) is 14.7 Å². The first kappa shape index (κ1) is 21.1. The number of rotatable bonds is 8. The normalized spacial score (nSPS) is 12.1. The number of thiazole rings is 1. The fourth-order valence-electron chi connectivity index (χ4n) is 2.43. The Morgan fingerprint density at radius 1 is 1.44 bits per heavy atom. The molecular weight excluding hydrogens is 382 g/mol. The van der Waals surface area contributed by atoms with Crippen molar-refractivity contribution >= 4 is 40.0 Å². The van der Waals surface area contributed by atoms with Gasteiger partial charge in [-0.1, -0.05) is 24.3 Å². The molecule has 1 atom stereocenters. The van der Waals surface area contributed by atoms with Gasteiger partial charge < -0.3 is 4.74 Å². The first-order valence-electron chi connectivity index (χ1n) is 8.40. The number of pyridine rings is 1. The lowest BCUT2D eigenvalue weighted by atomic mass is 10.2. The van der Waals surface area contributed by atoms with Crippen molar-refractivity contribution in [1.29, 1.82) is 0 Å². The average Bonchev–Trinajstić information content (AvgIpc) is 3.06. The van der Waals surface area contributed by atoms with Gasteiger partial charge >= 0.3 is 5.97 Å². The van der Waals surface area contributed by atoms with E-state index >= 15 is 0 Å². The van der Waals surface area contributed by atoms with Crippen LogP contribution in [0, 0.1) is 12.8 Å². The average molecular weight is 406 g/mol. The second-order valence-electron chi connectivity index (χ2n) is 5.88. The SMILES string of the molecule is COC(=O)/C=C/CN(C(=O)C(C)CSC)c1sc(-c2cccnc2)nc1C. The van der Waals surface area contributed by atoms with Crippen molar-refractivity contribution in [2.24, 2.45) is 5.92 Å². The third-order valence-electron chi connectivity index (χ3n) is 3.77. The number of hydrogen-bond donors (Lipinski definition) is 0. The standard InChI is InChI=1S/C19H23N3O3S2/c1-13(12-26-4)18(24)22(10-6-8-16(23)25-3)19-14(2)21-17(27-19)15-7-5-9-20-11-15/h5-9,11,13H,10,12H2,1-4H3/b8-6+. The zero-order chi connectivity index (χ0) is 19.8. The van der Waals surface area contributed by atoms with E-state index in [1.54, 1.807) is 35.1 Å². The molecule has 0 N–H and O–H groups in total. The maximum absolute atomic E-state index is 13.0. The molecule has 0 aromatic carbocycles. The Morgan fingerprint density at radius 2 is 2.22 bits per heavy atom. The van der Waals surface area contributed by atoms with Gasteiger partial charge in [0.25, 0.3) is 0 Å². The monoisotopic (exact) mass is 405 g/mol. The molecule has 144 valence electrons. The minimum Gasteiger partial charge on any atom is -0.466 e. The first-order chi connectivity index (χ1) is 13.0. The molecule has 2 rings (SSSR count). The van der Waals surface area contributed by atoms with Crippen molar-refractivity contribution < 1.29 is 14.3 Å². The second-order valence-corrected chi connectivity index (χ2v) is 7.77. The topological polar surface area (TPSA) is 72.4 Å². The molecule has 8 heteroatoms. The number of carbonyl (C=O) groups is 2. The summed E-state index contributed by atoms with van der Waals surface area (Å²) in [5.74, 6) is 0.137. The molecule has 0 saturated carbocycles. The van der Waals surface area contributed by atoms with Gasteiger partial charge in [-0.15, -0.1) is 0 Å². The zero-order valence-corrected chi connectivity index (χ0v) is 17.5. The van der Waals surface area contributed by atoms with Crippen LogP contribution >= 0.6 is 23.1 Å². The van der Waals surface area contributed by atoms with E-state index in [0.717, 1.165) is 27.0 Å². The highest BCUT2D eigenvalue weighted by Crippen LogP contribution is 2.35. The smallest absolute Gasteiger partial charge is 0.330 e. The molecule has 0 aliphatic heterocycles. The fourth-order valence-corrected chi connectivity index (χ4v) is 4.15. The lowest BCUT2D eigenvalue weighted by molar-refractivity contribution is -0.134. The van der Waals surface area contributed by atoms with Gasteiger partial charge in [-0.05, 0) is 25.3 Å². The van der Waals surface area contributed by atoms with Gasteiger partial charge in [0.1, 0.15) is 10.0 Å². The van der Waals surface area contributed by atoms with Crippen LogP contribution in [0.2, 0.25) is 0 Å². The molecule has 0 fully saturated rings. The molecule has 2 aromatic heterocycles. The molecule has 6 nitrogen and oxygen atoms in total. The van der Waals surface area contributed by atoms with E-state index in [9.17, 15) is 9.59 Å². The van der Waals surface area contributed by atoms with Gasteiger partial charge in [0.15, 0.2) is 0 Å². The quantitative estimate of drug-likeness (QED) is 0.494. The molecule has 0 saturated heterocycles. The third-order valence-corrected chi connectivity index (χ3v) is 5.84. The van der Waals surface area contributed by atoms with Crippen molar-refractivity contribution in [2.75, 3.05) is 30.6 Å². The molecule has 1 amide bonds. The van der Waals surface area contributed by atoms with Crippen LogP contribution in [0.25, 0.3) is 10.6 Å². The van der Waals surface area contributed by atoms with Crippen LogP contribution in [-0.2, 0) is 14.3 Å². The number of thioether (sulfide) groups is 1. The van der Waals surface area contributed by atoms with Crippen molar-refractivity contribution in [3.8, 4) is 10.6 Å². The number of aryl methyl sites for hydroxylation is 1. The van der Waals surface area contributed by atoms with E-state index in [1.165, 1.54) is 24.5 Å². The predicted octanol–water partition coefficient (Wildman–Crippen LogP) is 3.57. The molecule has 1 unspecified atom stereocenters. The molecule has 0 spiro atoms. The molecule has 0 aliphatic carbocycles. The lowest BCUT2D eigenvalue weighted by Crippen LogP contribution is -2.36. The van der Waals surface area contributed by atoms with Gasteiger partial charge in [0.05, 0.1) is 12.8 Å². The van der Waals surface area contributed by atoms with Crippen LogP contribution < -0.4 is 4.90 Å². The van der Waals surface area contributed by atoms with Crippen LogP contribution in [0.15, 0.2) is 36.7 Å². The number of nitrogens with zero attached hydrogens (tertiary/aromatic N) is 3. The number of amides is 1. The predicted molar refractivity (Wildman–Crippen MR) is 111 cm³/mol. The van der Waals surface area contributed by atoms with Crippen molar-refractivity contribution in [1.82, 2.24) is 9.97 Å². The largest absolute Gasteiger partial charge is 0.466 e. The number of anilines is 1. The van der Waals surface area contributed by atoms with Gasteiger partial charge in [0, 0.05) is 42.2 Å². The van der Waals surface area contributed by atoms with E-state index < -0.39 is 5.97 Å². The van der Waals surface area contributed by atoms with Gasteiger partial charge in [-0.25, -0.2) is 9.78 Å². The molecule has 0 radical (unpaired) electrons. The van der Waals surface area contributed by atoms with Crippen LogP contribution in [0.3, 0.4) is 0 Å². The molecular formula is C19H23N3O3S2. The summed E-state index contributed by atoms with van der Waals surface area (Å²) in [6.07, 6.45) is 8.41. The number of hydrogen-bond acceptors (Lipinski definition) is 7. The fraction of sp³-hybridized carbons (Fsp3) is 0.368. The van der Waals surface area contributed by atoms with Crippen molar-refractivity contribution in [3.05, 3.63) is 42.4 Å². The van der Waals surface area contributed by atoms with E-state index in [4.69, 9.17) is 0 Å². The van der Waals surface area contributed by atoms with E-state index in [2.05, 4.69) is 14.7 Å². The van der Waals surface area contributed by atoms with E-state index in [1.807, 2.05) is 32.2 Å². The molecule has 2 heterocycles. The highest BCUT2D eigenvalue weighted by Gasteiger charge is 2.25. The number of methoxy groups -OCH3 is 1. The Kier molecular flexibility index (Phi) is 7.99. The van der Waals surface area contributed by atoms with Crippen molar-refractivity contribution in [3.63, 3.8) is 0 Å². The molecule has 2 aromatic rings. The zero-order valence-electron chi connectivity index (χ0n) is 15.8. The first-order valence-corrected chi connectivity index (χ1v) is 10.6. The van der Waals surface area contributed by atoms with Crippen LogP contribution in [-0.4, -0.2) is 47.5 Å². The summed E-state index contributed by atoms with van der Waals surface area (Å²) in [4.78, 5) is 34.8. The third kappa shape index (κ3) is 5.64. The number of ether oxygens (including phenoxy) is 1. The molecule has 27 heavy (non-hydrogen) atoms. The number of carbonyl (C=O) groups excluding carboxylic acids is 2. The van der Waals surface area contributed by atoms with Crippen molar-refractivity contribution in [2.45, 2.75) is 13.8 Å². The number of aromatic nitrogens is 2. The Labute approximate surface area is 167 Å². The molecule has 0 bridgehead atoms. The molecule has 0 aliphatic rings. The summed E-state index contributed by atoms with van der Waals surface area (Å²) in [5, 5.41) is 1.59. The van der Waals surface area contributed by atoms with Crippen LogP contribution in [0.4, 0.5) is 5.00 Å². The Balaban J connectivity index is 2.34. The Hall–Kier alpha value is -2.19. The highest BCUT2D eigenvalue weighted by molar-refractivity contribution is 7.98. The van der Waals surface area contributed by atoms with Gasteiger partial charge in [-0.2, -0.15) is 11.8 Å². The maximum atomic E-state index is 13.0. The summed E-state index contributed by atoms with van der Waals surface area (Å²) >= 11 is 3.08. The minimum atomic E-state index is -0.448. The lowest BCUT2D eigenvalue weighted by Gasteiger charge is -2.23. The Bertz CT molecular complexity index is 806. The number of esters is 1. The maximum Gasteiger partial charge on any atom is 0.330 e. The van der Waals surface area contributed by atoms with Gasteiger partial charge in [0.2, 0.25) is 5.91 Å².